The second-order valence-corrected chi connectivity index (χ2v) is 4.35. The highest BCUT2D eigenvalue weighted by Crippen LogP contribution is 2.08. The van der Waals surface area contributed by atoms with Gasteiger partial charge in [0.2, 0.25) is 0 Å². The maximum Gasteiger partial charge on any atom is 0.309 e. The predicted molar refractivity (Wildman–Crippen MR) is 70.6 cm³/mol. The number of para-hydroxylation sites is 1. The molecule has 0 spiro atoms. The van der Waals surface area contributed by atoms with Crippen LogP contribution in [0.2, 0.25) is 0 Å². The molecule has 0 aliphatic rings. The van der Waals surface area contributed by atoms with Gasteiger partial charge in [0.25, 0.3) is 0 Å². The van der Waals surface area contributed by atoms with Crippen molar-refractivity contribution in [3.8, 4) is 5.75 Å². The van der Waals surface area contributed by atoms with Gasteiger partial charge in [-0.25, -0.2) is 0 Å². The number of nitrogens with zero attached hydrogens (tertiary/aromatic N) is 1. The van der Waals surface area contributed by atoms with E-state index in [9.17, 15) is 4.79 Å². The third-order valence-corrected chi connectivity index (χ3v) is 2.67. The molecule has 4 heteroatoms. The lowest BCUT2D eigenvalue weighted by molar-refractivity contribution is -0.145. The van der Waals surface area contributed by atoms with Crippen molar-refractivity contribution in [1.82, 2.24) is 4.90 Å². The summed E-state index contributed by atoms with van der Waals surface area (Å²) >= 11 is 0. The Bertz CT molecular complexity index is 353. The Morgan fingerprint density at radius 1 is 1.33 bits per heavy atom. The van der Waals surface area contributed by atoms with E-state index in [2.05, 4.69) is 9.64 Å². The third kappa shape index (κ3) is 5.19. The Morgan fingerprint density at radius 3 is 2.61 bits per heavy atom. The summed E-state index contributed by atoms with van der Waals surface area (Å²) in [6.07, 6.45) is 0. The van der Waals surface area contributed by atoms with Gasteiger partial charge in [-0.3, -0.25) is 4.79 Å². The number of likely N-dealkylation sites (N-methyl/N-ethyl adjacent to an activating group) is 1. The molecule has 1 aromatic carbocycles. The van der Waals surface area contributed by atoms with E-state index in [0.29, 0.717) is 13.2 Å². The first-order chi connectivity index (χ1) is 8.63. The van der Waals surface area contributed by atoms with Gasteiger partial charge < -0.3 is 14.4 Å². The number of carbonyl (C=O) groups is 1. The lowest BCUT2D eigenvalue weighted by atomic mass is 10.2. The van der Waals surface area contributed by atoms with Crippen molar-refractivity contribution in [2.75, 3.05) is 33.9 Å². The first-order valence-electron chi connectivity index (χ1n) is 6.07. The fraction of sp³-hybridized carbons (Fsp3) is 0.500. The quantitative estimate of drug-likeness (QED) is 0.693. The standard InChI is InChI=1S/C14H21NO3/c1-12(14(16)17-3)11-15(2)9-10-18-13-7-5-4-6-8-13/h4-8,12H,9-11H2,1-3H3. The highest BCUT2D eigenvalue weighted by atomic mass is 16.5. The maximum atomic E-state index is 11.3. The van der Waals surface area contributed by atoms with E-state index in [1.807, 2.05) is 44.3 Å². The highest BCUT2D eigenvalue weighted by molar-refractivity contribution is 5.72. The van der Waals surface area contributed by atoms with Crippen molar-refractivity contribution in [3.05, 3.63) is 30.3 Å². The lowest BCUT2D eigenvalue weighted by Gasteiger charge is -2.19. The van der Waals surface area contributed by atoms with Gasteiger partial charge in [-0.05, 0) is 19.2 Å². The molecule has 1 rings (SSSR count). The Kier molecular flexibility index (Phi) is 6.22. The molecule has 4 nitrogen and oxygen atoms in total. The average molecular weight is 251 g/mol. The molecule has 0 saturated heterocycles. The molecule has 0 heterocycles. The van der Waals surface area contributed by atoms with E-state index >= 15 is 0 Å². The largest absolute Gasteiger partial charge is 0.492 e. The summed E-state index contributed by atoms with van der Waals surface area (Å²) in [5.41, 5.74) is 0. The average Bonchev–Trinajstić information content (AvgIpc) is 2.38. The monoisotopic (exact) mass is 251 g/mol. The van der Waals surface area contributed by atoms with Gasteiger partial charge in [0, 0.05) is 13.1 Å². The van der Waals surface area contributed by atoms with Crippen molar-refractivity contribution < 1.29 is 14.3 Å². The Balaban J connectivity index is 2.21. The molecule has 0 aromatic heterocycles. The van der Waals surface area contributed by atoms with E-state index in [-0.39, 0.29) is 11.9 Å². The molecule has 18 heavy (non-hydrogen) atoms. The fourth-order valence-corrected chi connectivity index (χ4v) is 1.67. The molecule has 1 atom stereocenters. The zero-order chi connectivity index (χ0) is 13.4. The van der Waals surface area contributed by atoms with Crippen LogP contribution in [0.5, 0.6) is 5.75 Å². The molecule has 1 aromatic rings. The summed E-state index contributed by atoms with van der Waals surface area (Å²) < 4.78 is 10.3. The number of rotatable bonds is 7. The number of benzene rings is 1. The van der Waals surface area contributed by atoms with Crippen LogP contribution in [0, 0.1) is 5.92 Å². The molecular formula is C14H21NO3. The van der Waals surface area contributed by atoms with E-state index in [4.69, 9.17) is 4.74 Å². The molecule has 0 fully saturated rings. The Hall–Kier alpha value is -1.55. The van der Waals surface area contributed by atoms with Crippen LogP contribution in [0.4, 0.5) is 0 Å². The molecule has 100 valence electrons. The van der Waals surface area contributed by atoms with Gasteiger partial charge in [-0.15, -0.1) is 0 Å². The van der Waals surface area contributed by atoms with Crippen molar-refractivity contribution in [2.24, 2.45) is 5.92 Å². The van der Waals surface area contributed by atoms with Crippen LogP contribution in [0.1, 0.15) is 6.92 Å². The molecule has 0 aliphatic heterocycles. The first-order valence-corrected chi connectivity index (χ1v) is 6.07. The van der Waals surface area contributed by atoms with Gasteiger partial charge in [0.15, 0.2) is 0 Å². The van der Waals surface area contributed by atoms with E-state index in [0.717, 1.165) is 12.3 Å². The van der Waals surface area contributed by atoms with Crippen molar-refractivity contribution in [1.29, 1.82) is 0 Å². The van der Waals surface area contributed by atoms with Gasteiger partial charge in [0.05, 0.1) is 13.0 Å². The third-order valence-electron chi connectivity index (χ3n) is 2.67. The minimum atomic E-state index is -0.175. The van der Waals surface area contributed by atoms with Crippen LogP contribution in [0.15, 0.2) is 30.3 Å². The van der Waals surface area contributed by atoms with Crippen LogP contribution >= 0.6 is 0 Å². The summed E-state index contributed by atoms with van der Waals surface area (Å²) in [7, 11) is 3.38. The minimum Gasteiger partial charge on any atom is -0.492 e. The fourth-order valence-electron chi connectivity index (χ4n) is 1.67. The number of methoxy groups -OCH3 is 1. The smallest absolute Gasteiger partial charge is 0.309 e. The molecule has 0 saturated carbocycles. The molecule has 0 amide bonds. The molecule has 1 unspecified atom stereocenters. The van der Waals surface area contributed by atoms with Crippen LogP contribution < -0.4 is 4.74 Å². The van der Waals surface area contributed by atoms with Crippen LogP contribution in [-0.2, 0) is 9.53 Å². The second-order valence-electron chi connectivity index (χ2n) is 4.35. The van der Waals surface area contributed by atoms with Gasteiger partial charge in [-0.1, -0.05) is 25.1 Å². The van der Waals surface area contributed by atoms with E-state index < -0.39 is 0 Å². The van der Waals surface area contributed by atoms with Gasteiger partial charge in [-0.2, -0.15) is 0 Å². The topological polar surface area (TPSA) is 38.8 Å². The molecule has 0 N–H and O–H groups in total. The first kappa shape index (κ1) is 14.5. The SMILES string of the molecule is COC(=O)C(C)CN(C)CCOc1ccccc1. The highest BCUT2D eigenvalue weighted by Gasteiger charge is 2.15. The Labute approximate surface area is 108 Å². The number of hydrogen-bond donors (Lipinski definition) is 0. The van der Waals surface area contributed by atoms with Gasteiger partial charge >= 0.3 is 5.97 Å². The van der Waals surface area contributed by atoms with Crippen LogP contribution in [-0.4, -0.2) is 44.7 Å². The number of hydrogen-bond acceptors (Lipinski definition) is 4. The predicted octanol–water partition coefficient (Wildman–Crippen LogP) is 1.81. The number of esters is 1. The summed E-state index contributed by atoms with van der Waals surface area (Å²) in [6, 6.07) is 9.70. The van der Waals surface area contributed by atoms with Crippen molar-refractivity contribution >= 4 is 5.97 Å². The molecule has 0 bridgehead atoms. The second kappa shape index (κ2) is 7.71. The Morgan fingerprint density at radius 2 is 2.00 bits per heavy atom. The zero-order valence-corrected chi connectivity index (χ0v) is 11.3. The zero-order valence-electron chi connectivity index (χ0n) is 11.3. The van der Waals surface area contributed by atoms with Crippen LogP contribution in [0.25, 0.3) is 0 Å². The van der Waals surface area contributed by atoms with Gasteiger partial charge in [0.1, 0.15) is 12.4 Å². The molecular weight excluding hydrogens is 230 g/mol. The normalized spacial score (nSPS) is 12.2. The summed E-state index contributed by atoms with van der Waals surface area (Å²) in [6.45, 7) is 3.91. The maximum absolute atomic E-state index is 11.3. The molecule has 0 aliphatic carbocycles. The number of ether oxygens (including phenoxy) is 2. The number of carbonyl (C=O) groups excluding carboxylic acids is 1. The van der Waals surface area contributed by atoms with E-state index in [1.165, 1.54) is 7.11 Å². The molecule has 0 radical (unpaired) electrons. The lowest BCUT2D eigenvalue weighted by Crippen LogP contribution is -2.32. The van der Waals surface area contributed by atoms with Crippen LogP contribution in [0.3, 0.4) is 0 Å². The minimum absolute atomic E-state index is 0.114. The van der Waals surface area contributed by atoms with E-state index in [1.54, 1.807) is 0 Å². The van der Waals surface area contributed by atoms with Crippen molar-refractivity contribution in [3.63, 3.8) is 0 Å². The summed E-state index contributed by atoms with van der Waals surface area (Å²) in [5.74, 6) is 0.578. The summed E-state index contributed by atoms with van der Waals surface area (Å²) in [5, 5.41) is 0. The summed E-state index contributed by atoms with van der Waals surface area (Å²) in [4.78, 5) is 13.3. The van der Waals surface area contributed by atoms with Crippen molar-refractivity contribution in [2.45, 2.75) is 6.92 Å².